The fourth-order valence-electron chi connectivity index (χ4n) is 2.52. The minimum absolute atomic E-state index is 0.892. The lowest BCUT2D eigenvalue weighted by molar-refractivity contribution is 0.184. The Morgan fingerprint density at radius 3 is 3.06 bits per heavy atom. The van der Waals surface area contributed by atoms with Crippen molar-refractivity contribution in [3.63, 3.8) is 0 Å². The molecule has 1 fully saturated rings. The first kappa shape index (κ1) is 13.1. The molecule has 1 unspecified atom stereocenters. The van der Waals surface area contributed by atoms with Gasteiger partial charge in [-0.05, 0) is 44.4 Å². The van der Waals surface area contributed by atoms with Crippen LogP contribution in [0.4, 0.5) is 0 Å². The van der Waals surface area contributed by atoms with Crippen LogP contribution in [0.2, 0.25) is 0 Å². The Morgan fingerprint density at radius 2 is 2.35 bits per heavy atom. The van der Waals surface area contributed by atoms with Gasteiger partial charge in [0.15, 0.2) is 0 Å². The molecule has 0 bridgehead atoms. The summed E-state index contributed by atoms with van der Waals surface area (Å²) in [6.07, 6.45) is 2.80. The first-order chi connectivity index (χ1) is 8.24. The van der Waals surface area contributed by atoms with E-state index in [0.717, 1.165) is 19.0 Å². The average molecular weight is 252 g/mol. The smallest absolute Gasteiger partial charge is 0.0300 e. The van der Waals surface area contributed by atoms with Gasteiger partial charge in [0.2, 0.25) is 0 Å². The van der Waals surface area contributed by atoms with Crippen LogP contribution in [0.15, 0.2) is 12.1 Å². The SMILES string of the molecule is Cc1ccc(CNCCN2CCCC(C)C2)s1. The van der Waals surface area contributed by atoms with E-state index in [4.69, 9.17) is 0 Å². The van der Waals surface area contributed by atoms with E-state index >= 15 is 0 Å². The Bertz CT molecular complexity index is 335. The lowest BCUT2D eigenvalue weighted by Gasteiger charge is -2.30. The van der Waals surface area contributed by atoms with Gasteiger partial charge in [-0.15, -0.1) is 11.3 Å². The zero-order valence-electron chi connectivity index (χ0n) is 11.0. The highest BCUT2D eigenvalue weighted by Crippen LogP contribution is 2.15. The molecule has 96 valence electrons. The Hall–Kier alpha value is -0.380. The first-order valence-electron chi connectivity index (χ1n) is 6.72. The third-order valence-electron chi connectivity index (χ3n) is 3.44. The van der Waals surface area contributed by atoms with Gasteiger partial charge in [0, 0.05) is 35.9 Å². The van der Waals surface area contributed by atoms with E-state index in [2.05, 4.69) is 36.2 Å². The quantitative estimate of drug-likeness (QED) is 0.811. The Morgan fingerprint density at radius 1 is 1.47 bits per heavy atom. The molecule has 0 aliphatic carbocycles. The summed E-state index contributed by atoms with van der Waals surface area (Å²) in [7, 11) is 0. The number of nitrogens with one attached hydrogen (secondary N) is 1. The second-order valence-corrected chi connectivity index (χ2v) is 6.61. The van der Waals surface area contributed by atoms with Crippen molar-refractivity contribution in [2.75, 3.05) is 26.2 Å². The van der Waals surface area contributed by atoms with Crippen LogP contribution in [0.3, 0.4) is 0 Å². The summed E-state index contributed by atoms with van der Waals surface area (Å²) in [5.74, 6) is 0.892. The van der Waals surface area contributed by atoms with E-state index in [1.54, 1.807) is 0 Å². The molecule has 1 aromatic heterocycles. The first-order valence-corrected chi connectivity index (χ1v) is 7.54. The summed E-state index contributed by atoms with van der Waals surface area (Å²) in [5, 5.41) is 3.55. The molecule has 17 heavy (non-hydrogen) atoms. The van der Waals surface area contributed by atoms with Crippen LogP contribution >= 0.6 is 11.3 Å². The Labute approximate surface area is 109 Å². The van der Waals surface area contributed by atoms with Gasteiger partial charge in [0.1, 0.15) is 0 Å². The average Bonchev–Trinajstić information content (AvgIpc) is 2.71. The van der Waals surface area contributed by atoms with Crippen LogP contribution in [-0.4, -0.2) is 31.1 Å². The van der Waals surface area contributed by atoms with Crippen LogP contribution < -0.4 is 5.32 Å². The fraction of sp³-hybridized carbons (Fsp3) is 0.714. The summed E-state index contributed by atoms with van der Waals surface area (Å²) in [4.78, 5) is 5.46. The molecule has 3 heteroatoms. The zero-order valence-corrected chi connectivity index (χ0v) is 11.9. The van der Waals surface area contributed by atoms with Crippen molar-refractivity contribution in [1.29, 1.82) is 0 Å². The van der Waals surface area contributed by atoms with Gasteiger partial charge in [-0.1, -0.05) is 6.92 Å². The maximum Gasteiger partial charge on any atom is 0.0300 e. The lowest BCUT2D eigenvalue weighted by Crippen LogP contribution is -2.38. The molecule has 2 rings (SSSR count). The molecular formula is C14H24N2S. The number of rotatable bonds is 5. The van der Waals surface area contributed by atoms with Crippen molar-refractivity contribution < 1.29 is 0 Å². The van der Waals surface area contributed by atoms with Crippen molar-refractivity contribution in [3.05, 3.63) is 21.9 Å². The van der Waals surface area contributed by atoms with Crippen LogP contribution in [-0.2, 0) is 6.54 Å². The highest BCUT2D eigenvalue weighted by molar-refractivity contribution is 7.11. The number of nitrogens with zero attached hydrogens (tertiary/aromatic N) is 1. The van der Waals surface area contributed by atoms with E-state index in [1.165, 1.54) is 42.2 Å². The second-order valence-electron chi connectivity index (χ2n) is 5.24. The largest absolute Gasteiger partial charge is 0.311 e. The highest BCUT2D eigenvalue weighted by atomic mass is 32.1. The number of hydrogen-bond donors (Lipinski definition) is 1. The van der Waals surface area contributed by atoms with Crippen molar-refractivity contribution in [2.45, 2.75) is 33.2 Å². The summed E-state index contributed by atoms with van der Waals surface area (Å²) in [5.41, 5.74) is 0. The molecule has 1 aliphatic rings. The van der Waals surface area contributed by atoms with E-state index in [9.17, 15) is 0 Å². The number of aryl methyl sites for hydroxylation is 1. The van der Waals surface area contributed by atoms with Crippen molar-refractivity contribution >= 4 is 11.3 Å². The molecule has 0 amide bonds. The Kier molecular flexibility index (Phi) is 5.01. The maximum absolute atomic E-state index is 3.55. The van der Waals surface area contributed by atoms with Crippen LogP contribution in [0.1, 0.15) is 29.5 Å². The highest BCUT2D eigenvalue weighted by Gasteiger charge is 2.15. The molecule has 0 spiro atoms. The van der Waals surface area contributed by atoms with Gasteiger partial charge >= 0.3 is 0 Å². The standard InChI is InChI=1S/C14H24N2S/c1-12-4-3-8-16(11-12)9-7-15-10-14-6-5-13(2)17-14/h5-6,12,15H,3-4,7-11H2,1-2H3. The molecule has 1 saturated heterocycles. The number of hydrogen-bond acceptors (Lipinski definition) is 3. The number of likely N-dealkylation sites (tertiary alicyclic amines) is 1. The predicted molar refractivity (Wildman–Crippen MR) is 75.6 cm³/mol. The lowest BCUT2D eigenvalue weighted by atomic mass is 10.0. The molecule has 0 aromatic carbocycles. The Balaban J connectivity index is 1.59. The molecule has 2 heterocycles. The molecule has 0 radical (unpaired) electrons. The molecule has 1 atom stereocenters. The molecule has 2 nitrogen and oxygen atoms in total. The van der Waals surface area contributed by atoms with E-state index in [0.29, 0.717) is 0 Å². The third-order valence-corrected chi connectivity index (χ3v) is 4.44. The van der Waals surface area contributed by atoms with E-state index in [1.807, 2.05) is 11.3 Å². The zero-order chi connectivity index (χ0) is 12.1. The monoisotopic (exact) mass is 252 g/mol. The van der Waals surface area contributed by atoms with Gasteiger partial charge < -0.3 is 10.2 Å². The minimum atomic E-state index is 0.892. The third kappa shape index (κ3) is 4.41. The fourth-order valence-corrected chi connectivity index (χ4v) is 3.38. The van der Waals surface area contributed by atoms with Crippen molar-refractivity contribution in [2.24, 2.45) is 5.92 Å². The topological polar surface area (TPSA) is 15.3 Å². The van der Waals surface area contributed by atoms with Crippen molar-refractivity contribution in [3.8, 4) is 0 Å². The minimum Gasteiger partial charge on any atom is -0.311 e. The number of thiophene rings is 1. The molecule has 0 saturated carbocycles. The van der Waals surface area contributed by atoms with Crippen LogP contribution in [0.25, 0.3) is 0 Å². The molecule has 1 N–H and O–H groups in total. The van der Waals surface area contributed by atoms with Gasteiger partial charge in [-0.3, -0.25) is 0 Å². The van der Waals surface area contributed by atoms with E-state index in [-0.39, 0.29) is 0 Å². The molecule has 1 aliphatic heterocycles. The van der Waals surface area contributed by atoms with Crippen LogP contribution in [0, 0.1) is 12.8 Å². The summed E-state index contributed by atoms with van der Waals surface area (Å²) in [6.45, 7) is 10.5. The van der Waals surface area contributed by atoms with E-state index < -0.39 is 0 Å². The van der Waals surface area contributed by atoms with Crippen LogP contribution in [0.5, 0.6) is 0 Å². The predicted octanol–water partition coefficient (Wildman–Crippen LogP) is 2.88. The summed E-state index contributed by atoms with van der Waals surface area (Å²) >= 11 is 1.90. The van der Waals surface area contributed by atoms with Gasteiger partial charge in [-0.25, -0.2) is 0 Å². The van der Waals surface area contributed by atoms with Crippen molar-refractivity contribution in [1.82, 2.24) is 10.2 Å². The van der Waals surface area contributed by atoms with Gasteiger partial charge in [-0.2, -0.15) is 0 Å². The summed E-state index contributed by atoms with van der Waals surface area (Å²) in [6, 6.07) is 4.43. The van der Waals surface area contributed by atoms with Gasteiger partial charge in [0.25, 0.3) is 0 Å². The maximum atomic E-state index is 3.55. The second kappa shape index (κ2) is 6.53. The molecular weight excluding hydrogens is 228 g/mol. The van der Waals surface area contributed by atoms with Gasteiger partial charge in [0.05, 0.1) is 0 Å². The normalized spacial score (nSPS) is 21.9. The molecule has 1 aromatic rings. The summed E-state index contributed by atoms with van der Waals surface area (Å²) < 4.78 is 0. The number of piperidine rings is 1.